The van der Waals surface area contributed by atoms with Crippen LogP contribution >= 0.6 is 22.7 Å². The van der Waals surface area contributed by atoms with Gasteiger partial charge in [-0.05, 0) is 36.6 Å². The van der Waals surface area contributed by atoms with Crippen molar-refractivity contribution in [1.82, 2.24) is 9.97 Å². The molecule has 140 valence electrons. The van der Waals surface area contributed by atoms with E-state index in [0.29, 0.717) is 16.5 Å². The summed E-state index contributed by atoms with van der Waals surface area (Å²) in [6.45, 7) is 8.40. The SMILES string of the molecule is CCC(C)c1cc(O)c(-c2nc3cc4sc(C(C)C)nc4cc3s2)cc1O. The molecule has 0 saturated heterocycles. The number of phenols is 2. The topological polar surface area (TPSA) is 66.2 Å². The molecule has 2 N–H and O–H groups in total. The van der Waals surface area contributed by atoms with Crippen molar-refractivity contribution in [2.24, 2.45) is 0 Å². The molecule has 2 aromatic carbocycles. The molecule has 0 aliphatic rings. The van der Waals surface area contributed by atoms with Gasteiger partial charge in [0.1, 0.15) is 16.5 Å². The fraction of sp³-hybridized carbons (Fsp3) is 0.333. The number of phenolic OH excluding ortho intramolecular Hbond substituents is 2. The van der Waals surface area contributed by atoms with Gasteiger partial charge in [-0.1, -0.05) is 27.7 Å². The number of hydrogen-bond donors (Lipinski definition) is 2. The second kappa shape index (κ2) is 6.77. The molecule has 4 aromatic rings. The van der Waals surface area contributed by atoms with Gasteiger partial charge >= 0.3 is 0 Å². The summed E-state index contributed by atoms with van der Waals surface area (Å²) in [4.78, 5) is 9.43. The summed E-state index contributed by atoms with van der Waals surface area (Å²) in [7, 11) is 0. The van der Waals surface area contributed by atoms with Crippen molar-refractivity contribution in [3.05, 3.63) is 34.8 Å². The molecule has 0 spiro atoms. The van der Waals surface area contributed by atoms with Crippen LogP contribution in [0.25, 0.3) is 31.0 Å². The van der Waals surface area contributed by atoms with Crippen molar-refractivity contribution < 1.29 is 10.2 Å². The van der Waals surface area contributed by atoms with Crippen molar-refractivity contribution in [3.63, 3.8) is 0 Å². The summed E-state index contributed by atoms with van der Waals surface area (Å²) < 4.78 is 2.16. The largest absolute Gasteiger partial charge is 0.508 e. The van der Waals surface area contributed by atoms with Crippen molar-refractivity contribution in [1.29, 1.82) is 0 Å². The molecule has 4 nitrogen and oxygen atoms in total. The highest BCUT2D eigenvalue weighted by molar-refractivity contribution is 7.22. The van der Waals surface area contributed by atoms with Crippen LogP contribution in [0.15, 0.2) is 24.3 Å². The summed E-state index contributed by atoms with van der Waals surface area (Å²) in [5, 5.41) is 22.8. The number of fused-ring (bicyclic) bond motifs is 2. The Balaban J connectivity index is 1.81. The Hall–Kier alpha value is -2.18. The average Bonchev–Trinajstić information content (AvgIpc) is 3.23. The molecule has 0 saturated carbocycles. The van der Waals surface area contributed by atoms with Crippen LogP contribution in [-0.2, 0) is 0 Å². The molecular formula is C21H22N2O2S2. The molecular weight excluding hydrogens is 376 g/mol. The average molecular weight is 399 g/mol. The lowest BCUT2D eigenvalue weighted by atomic mass is 9.96. The van der Waals surface area contributed by atoms with Gasteiger partial charge in [-0.15, -0.1) is 22.7 Å². The second-order valence-electron chi connectivity index (χ2n) is 7.25. The molecule has 0 aliphatic carbocycles. The molecule has 0 aliphatic heterocycles. The predicted octanol–water partition coefficient (Wildman–Crippen LogP) is 6.62. The van der Waals surface area contributed by atoms with E-state index in [4.69, 9.17) is 9.97 Å². The molecule has 0 fully saturated rings. The Morgan fingerprint density at radius 2 is 1.56 bits per heavy atom. The van der Waals surface area contributed by atoms with Gasteiger partial charge in [0.15, 0.2) is 0 Å². The number of rotatable bonds is 4. The Morgan fingerprint density at radius 1 is 0.889 bits per heavy atom. The van der Waals surface area contributed by atoms with Gasteiger partial charge in [-0.25, -0.2) is 9.97 Å². The van der Waals surface area contributed by atoms with Gasteiger partial charge in [0.25, 0.3) is 0 Å². The van der Waals surface area contributed by atoms with Gasteiger partial charge in [0.05, 0.1) is 31.0 Å². The smallest absolute Gasteiger partial charge is 0.128 e. The maximum absolute atomic E-state index is 10.5. The van der Waals surface area contributed by atoms with Crippen LogP contribution in [0.5, 0.6) is 11.5 Å². The summed E-state index contributed by atoms with van der Waals surface area (Å²) in [6, 6.07) is 7.43. The van der Waals surface area contributed by atoms with E-state index >= 15 is 0 Å². The number of aromatic hydroxyl groups is 2. The first kappa shape index (κ1) is 18.2. The van der Waals surface area contributed by atoms with E-state index in [9.17, 15) is 10.2 Å². The van der Waals surface area contributed by atoms with Gasteiger partial charge in [-0.3, -0.25) is 0 Å². The zero-order chi connectivity index (χ0) is 19.3. The zero-order valence-electron chi connectivity index (χ0n) is 15.8. The third-order valence-corrected chi connectivity index (χ3v) is 7.30. The summed E-state index contributed by atoms with van der Waals surface area (Å²) in [6.07, 6.45) is 0.898. The van der Waals surface area contributed by atoms with E-state index in [-0.39, 0.29) is 17.4 Å². The maximum atomic E-state index is 10.5. The van der Waals surface area contributed by atoms with Crippen molar-refractivity contribution in [3.8, 4) is 22.1 Å². The fourth-order valence-corrected chi connectivity index (χ4v) is 5.10. The van der Waals surface area contributed by atoms with Crippen molar-refractivity contribution >= 4 is 43.1 Å². The summed E-state index contributed by atoms with van der Waals surface area (Å²) >= 11 is 3.21. The first-order valence-corrected chi connectivity index (χ1v) is 10.8. The zero-order valence-corrected chi connectivity index (χ0v) is 17.4. The van der Waals surface area contributed by atoms with E-state index < -0.39 is 0 Å². The highest BCUT2D eigenvalue weighted by Crippen LogP contribution is 2.42. The van der Waals surface area contributed by atoms with Gasteiger partial charge in [0, 0.05) is 11.5 Å². The first-order valence-electron chi connectivity index (χ1n) is 9.14. The first-order chi connectivity index (χ1) is 12.9. The van der Waals surface area contributed by atoms with Crippen LogP contribution in [-0.4, -0.2) is 20.2 Å². The third kappa shape index (κ3) is 3.17. The highest BCUT2D eigenvalue weighted by Gasteiger charge is 2.18. The number of nitrogens with zero attached hydrogens (tertiary/aromatic N) is 2. The molecule has 6 heteroatoms. The van der Waals surface area contributed by atoms with E-state index in [1.165, 1.54) is 11.3 Å². The van der Waals surface area contributed by atoms with Crippen molar-refractivity contribution in [2.45, 2.75) is 46.0 Å². The van der Waals surface area contributed by atoms with E-state index in [1.807, 2.05) is 6.92 Å². The van der Waals surface area contributed by atoms with Gasteiger partial charge in [-0.2, -0.15) is 0 Å². The Kier molecular flexibility index (Phi) is 4.56. The summed E-state index contributed by atoms with van der Waals surface area (Å²) in [5.41, 5.74) is 3.22. The molecule has 1 atom stereocenters. The molecule has 0 radical (unpaired) electrons. The maximum Gasteiger partial charge on any atom is 0.128 e. The number of thiazole rings is 2. The van der Waals surface area contributed by atoms with Crippen LogP contribution in [0.1, 0.15) is 56.5 Å². The molecule has 4 rings (SSSR count). The minimum absolute atomic E-state index is 0.157. The predicted molar refractivity (Wildman–Crippen MR) is 114 cm³/mol. The Labute approximate surface area is 166 Å². The van der Waals surface area contributed by atoms with Gasteiger partial charge in [0.2, 0.25) is 0 Å². The summed E-state index contributed by atoms with van der Waals surface area (Å²) in [5.74, 6) is 0.964. The van der Waals surface area contributed by atoms with E-state index in [2.05, 4.69) is 32.9 Å². The molecule has 2 heterocycles. The normalized spacial score (nSPS) is 13.1. The van der Waals surface area contributed by atoms with Gasteiger partial charge < -0.3 is 10.2 Å². The highest BCUT2D eigenvalue weighted by atomic mass is 32.1. The lowest BCUT2D eigenvalue weighted by molar-refractivity contribution is 0.450. The third-order valence-electron chi connectivity index (χ3n) is 4.93. The Morgan fingerprint density at radius 3 is 2.22 bits per heavy atom. The molecule has 0 bridgehead atoms. The van der Waals surface area contributed by atoms with Crippen LogP contribution in [0.4, 0.5) is 0 Å². The second-order valence-corrected chi connectivity index (χ2v) is 9.34. The van der Waals surface area contributed by atoms with Crippen LogP contribution in [0, 0.1) is 0 Å². The van der Waals surface area contributed by atoms with Crippen molar-refractivity contribution in [2.75, 3.05) is 0 Å². The monoisotopic (exact) mass is 398 g/mol. The molecule has 2 aromatic heterocycles. The number of hydrogen-bond acceptors (Lipinski definition) is 6. The Bertz CT molecular complexity index is 1090. The number of aromatic nitrogens is 2. The quantitative estimate of drug-likeness (QED) is 0.379. The fourth-order valence-electron chi connectivity index (χ4n) is 3.11. The minimum Gasteiger partial charge on any atom is -0.508 e. The standard InChI is InChI=1S/C21H22N2O2S2/c1-5-11(4)12-6-17(25)13(7-16(12)24)21-23-15-9-18-14(8-19(15)27-21)22-20(26-18)10(2)3/h6-11,24-25H,5H2,1-4H3. The van der Waals surface area contributed by atoms with E-state index in [1.54, 1.807) is 23.5 Å². The molecule has 0 amide bonds. The molecule has 27 heavy (non-hydrogen) atoms. The lowest BCUT2D eigenvalue weighted by Crippen LogP contribution is -1.93. The lowest BCUT2D eigenvalue weighted by Gasteiger charge is -2.13. The number of benzene rings is 2. The van der Waals surface area contributed by atoms with E-state index in [0.717, 1.165) is 37.4 Å². The van der Waals surface area contributed by atoms with Crippen LogP contribution in [0.2, 0.25) is 0 Å². The molecule has 1 unspecified atom stereocenters. The van der Waals surface area contributed by atoms with Crippen LogP contribution in [0.3, 0.4) is 0 Å². The minimum atomic E-state index is 0.157. The van der Waals surface area contributed by atoms with Crippen LogP contribution < -0.4 is 0 Å².